The van der Waals surface area contributed by atoms with Crippen molar-refractivity contribution in [2.24, 2.45) is 0 Å². The highest BCUT2D eigenvalue weighted by Gasteiger charge is 2.20. The second-order valence-corrected chi connectivity index (χ2v) is 8.90. The zero-order chi connectivity index (χ0) is 21.7. The number of nitrogens with one attached hydrogen (secondary N) is 2. The molecule has 0 radical (unpaired) electrons. The van der Waals surface area contributed by atoms with Crippen LogP contribution in [0.1, 0.15) is 22.3 Å². The van der Waals surface area contributed by atoms with Crippen molar-refractivity contribution in [2.45, 2.75) is 24.8 Å². The maximum Gasteiger partial charge on any atom is 0.340 e. The average molecular weight is 447 g/mol. The van der Waals surface area contributed by atoms with Crippen molar-refractivity contribution in [1.82, 2.24) is 15.2 Å². The first-order valence-corrected chi connectivity index (χ1v) is 10.9. The Morgan fingerprint density at radius 2 is 1.87 bits per heavy atom. The summed E-state index contributed by atoms with van der Waals surface area (Å²) in [4.78, 5) is 28.1. The van der Waals surface area contributed by atoms with E-state index in [2.05, 4.69) is 25.2 Å². The zero-order valence-electron chi connectivity index (χ0n) is 15.9. The number of hydrogen-bond acceptors (Lipinski definition) is 9. The number of nitrogens with zero attached hydrogens (tertiary/aromatic N) is 3. The molecule has 30 heavy (non-hydrogen) atoms. The van der Waals surface area contributed by atoms with Crippen molar-refractivity contribution < 1.29 is 22.7 Å². The molecule has 3 rings (SSSR count). The van der Waals surface area contributed by atoms with E-state index in [4.69, 9.17) is 4.74 Å². The van der Waals surface area contributed by atoms with Crippen LogP contribution in [-0.4, -0.2) is 41.6 Å². The van der Waals surface area contributed by atoms with Gasteiger partial charge in [-0.25, -0.2) is 13.2 Å². The van der Waals surface area contributed by atoms with Crippen LogP contribution in [-0.2, 0) is 19.6 Å². The number of anilines is 2. The molecule has 0 fully saturated rings. The van der Waals surface area contributed by atoms with Gasteiger partial charge in [0.1, 0.15) is 5.01 Å². The van der Waals surface area contributed by atoms with Gasteiger partial charge >= 0.3 is 5.97 Å². The minimum Gasteiger partial charge on any atom is -0.449 e. The first kappa shape index (κ1) is 21.3. The van der Waals surface area contributed by atoms with E-state index in [0.29, 0.717) is 10.7 Å². The molecule has 0 saturated heterocycles. The van der Waals surface area contributed by atoms with Crippen molar-refractivity contribution in [2.75, 3.05) is 10.0 Å². The molecule has 0 aliphatic heterocycles. The Morgan fingerprint density at radius 3 is 2.47 bits per heavy atom. The number of ether oxygens (including phenoxy) is 1. The van der Waals surface area contributed by atoms with Crippen LogP contribution < -0.4 is 10.0 Å². The number of aryl methyl sites for hydroxylation is 1. The molecule has 12 heteroatoms. The second kappa shape index (κ2) is 8.97. The Balaban J connectivity index is 1.60. The third-order valence-corrected chi connectivity index (χ3v) is 5.97. The Morgan fingerprint density at radius 1 is 1.13 bits per heavy atom. The lowest BCUT2D eigenvalue weighted by molar-refractivity contribution is -0.123. The van der Waals surface area contributed by atoms with E-state index in [9.17, 15) is 18.0 Å². The molecule has 1 aromatic carbocycles. The third kappa shape index (κ3) is 5.36. The van der Waals surface area contributed by atoms with E-state index in [1.54, 1.807) is 13.0 Å². The molecule has 0 spiro atoms. The lowest BCUT2D eigenvalue weighted by atomic mass is 10.2. The SMILES string of the molecule is Cc1nnc(NS(=O)(=O)c2ccc(NC(=O)C(C)OC(=O)c3cccnc3)cc2)s1. The van der Waals surface area contributed by atoms with Gasteiger partial charge in [-0.05, 0) is 50.2 Å². The van der Waals surface area contributed by atoms with Gasteiger partial charge in [0.25, 0.3) is 15.9 Å². The van der Waals surface area contributed by atoms with E-state index in [1.807, 2.05) is 0 Å². The van der Waals surface area contributed by atoms with Gasteiger partial charge in [0.15, 0.2) is 6.10 Å². The van der Waals surface area contributed by atoms with Gasteiger partial charge in [-0.15, -0.1) is 10.2 Å². The number of hydrogen-bond donors (Lipinski definition) is 2. The highest BCUT2D eigenvalue weighted by atomic mass is 32.2. The average Bonchev–Trinajstić information content (AvgIpc) is 3.12. The summed E-state index contributed by atoms with van der Waals surface area (Å²) in [6.45, 7) is 3.14. The number of rotatable bonds is 7. The lowest BCUT2D eigenvalue weighted by Crippen LogP contribution is -2.30. The van der Waals surface area contributed by atoms with Gasteiger partial charge < -0.3 is 10.1 Å². The molecule has 10 nitrogen and oxygen atoms in total. The van der Waals surface area contributed by atoms with Crippen LogP contribution in [0.3, 0.4) is 0 Å². The molecule has 1 amide bonds. The quantitative estimate of drug-likeness (QED) is 0.526. The number of benzene rings is 1. The topological polar surface area (TPSA) is 140 Å². The number of carbonyl (C=O) groups is 2. The first-order chi connectivity index (χ1) is 14.2. The van der Waals surface area contributed by atoms with Crippen molar-refractivity contribution in [3.8, 4) is 0 Å². The summed E-state index contributed by atoms with van der Waals surface area (Å²) in [5.41, 5.74) is 0.569. The van der Waals surface area contributed by atoms with Crippen LogP contribution in [0.15, 0.2) is 53.7 Å². The fourth-order valence-corrected chi connectivity index (χ4v) is 4.06. The molecule has 1 atom stereocenters. The number of esters is 1. The molecule has 0 aliphatic carbocycles. The fourth-order valence-electron chi connectivity index (χ4n) is 2.24. The Labute approximate surface area is 176 Å². The minimum absolute atomic E-state index is 0.00981. The van der Waals surface area contributed by atoms with Gasteiger partial charge in [0.05, 0.1) is 10.5 Å². The highest BCUT2D eigenvalue weighted by Crippen LogP contribution is 2.20. The number of aromatic nitrogens is 3. The van der Waals surface area contributed by atoms with Crippen LogP contribution in [0.25, 0.3) is 0 Å². The van der Waals surface area contributed by atoms with Gasteiger partial charge in [0, 0.05) is 18.1 Å². The summed E-state index contributed by atoms with van der Waals surface area (Å²) in [6.07, 6.45) is 1.79. The standard InChI is InChI=1S/C18H17N5O5S2/c1-11(28-17(25)13-4-3-9-19-10-13)16(24)20-14-5-7-15(8-6-14)30(26,27)23-18-22-21-12(2)29-18/h3-11H,1-2H3,(H,20,24)(H,22,23). The van der Waals surface area contributed by atoms with Crippen molar-refractivity contribution in [3.63, 3.8) is 0 Å². The molecule has 2 N–H and O–H groups in total. The van der Waals surface area contributed by atoms with E-state index in [1.165, 1.54) is 49.6 Å². The number of pyridine rings is 1. The summed E-state index contributed by atoms with van der Waals surface area (Å²) in [5.74, 6) is -1.24. The van der Waals surface area contributed by atoms with Gasteiger partial charge in [0.2, 0.25) is 5.13 Å². The Bertz CT molecular complexity index is 1150. The van der Waals surface area contributed by atoms with Crippen LogP contribution in [0, 0.1) is 6.92 Å². The summed E-state index contributed by atoms with van der Waals surface area (Å²) >= 11 is 1.11. The van der Waals surface area contributed by atoms with Crippen LogP contribution >= 0.6 is 11.3 Å². The molecule has 1 unspecified atom stereocenters. The van der Waals surface area contributed by atoms with Crippen LogP contribution in [0.4, 0.5) is 10.8 Å². The number of carbonyl (C=O) groups excluding carboxylic acids is 2. The van der Waals surface area contributed by atoms with Crippen LogP contribution in [0.2, 0.25) is 0 Å². The predicted octanol–water partition coefficient (Wildman–Crippen LogP) is 2.23. The Hall–Kier alpha value is -3.38. The fraction of sp³-hybridized carbons (Fsp3) is 0.167. The second-order valence-electron chi connectivity index (χ2n) is 6.03. The maximum absolute atomic E-state index is 12.4. The normalized spacial score (nSPS) is 12.1. The molecule has 3 aromatic rings. The van der Waals surface area contributed by atoms with Gasteiger partial charge in [-0.1, -0.05) is 11.3 Å². The monoisotopic (exact) mass is 447 g/mol. The lowest BCUT2D eigenvalue weighted by Gasteiger charge is -2.13. The largest absolute Gasteiger partial charge is 0.449 e. The van der Waals surface area contributed by atoms with Crippen molar-refractivity contribution >= 4 is 44.1 Å². The third-order valence-electron chi connectivity index (χ3n) is 3.73. The molecule has 2 aromatic heterocycles. The summed E-state index contributed by atoms with van der Waals surface area (Å²) in [7, 11) is -3.84. The van der Waals surface area contributed by atoms with Crippen molar-refractivity contribution in [3.05, 3.63) is 59.4 Å². The van der Waals surface area contributed by atoms with E-state index in [-0.39, 0.29) is 15.6 Å². The molecular formula is C18H17N5O5S2. The molecule has 0 aliphatic rings. The molecule has 0 saturated carbocycles. The summed E-state index contributed by atoms with van der Waals surface area (Å²) < 4.78 is 32.2. The minimum atomic E-state index is -3.84. The first-order valence-electron chi connectivity index (χ1n) is 8.59. The Kier molecular flexibility index (Phi) is 6.37. The number of amides is 1. The highest BCUT2D eigenvalue weighted by molar-refractivity contribution is 7.93. The predicted molar refractivity (Wildman–Crippen MR) is 110 cm³/mol. The molecule has 156 valence electrons. The molecule has 2 heterocycles. The smallest absolute Gasteiger partial charge is 0.340 e. The molecular weight excluding hydrogens is 430 g/mol. The summed E-state index contributed by atoms with van der Waals surface area (Å²) in [6, 6.07) is 8.62. The van der Waals surface area contributed by atoms with Crippen LogP contribution in [0.5, 0.6) is 0 Å². The zero-order valence-corrected chi connectivity index (χ0v) is 17.5. The van der Waals surface area contributed by atoms with E-state index in [0.717, 1.165) is 11.3 Å². The van der Waals surface area contributed by atoms with Crippen molar-refractivity contribution in [1.29, 1.82) is 0 Å². The van der Waals surface area contributed by atoms with E-state index < -0.39 is 28.0 Å². The van der Waals surface area contributed by atoms with E-state index >= 15 is 0 Å². The van der Waals surface area contributed by atoms with Gasteiger partial charge in [-0.2, -0.15) is 0 Å². The van der Waals surface area contributed by atoms with Gasteiger partial charge in [-0.3, -0.25) is 14.5 Å². The summed E-state index contributed by atoms with van der Waals surface area (Å²) in [5, 5.41) is 10.8. The number of sulfonamides is 1. The maximum atomic E-state index is 12.4. The molecule has 0 bridgehead atoms.